The van der Waals surface area contributed by atoms with Gasteiger partial charge in [-0.3, -0.25) is 9.69 Å². The third-order valence-corrected chi connectivity index (χ3v) is 7.14. The molecule has 2 N–H and O–H groups in total. The Morgan fingerprint density at radius 3 is 2.68 bits per heavy atom. The van der Waals surface area contributed by atoms with E-state index in [1.54, 1.807) is 19.2 Å². The van der Waals surface area contributed by atoms with Gasteiger partial charge in [-0.2, -0.15) is 0 Å². The maximum Gasteiger partial charge on any atom is 0.270 e. The van der Waals surface area contributed by atoms with Gasteiger partial charge in [0.05, 0.1) is 18.9 Å². The third kappa shape index (κ3) is 8.53. The molecule has 2 aromatic rings. The first kappa shape index (κ1) is 29.1. The van der Waals surface area contributed by atoms with Gasteiger partial charge in [0.1, 0.15) is 35.9 Å². The molecule has 1 aromatic heterocycles. The van der Waals surface area contributed by atoms with Crippen LogP contribution >= 0.6 is 0 Å². The summed E-state index contributed by atoms with van der Waals surface area (Å²) >= 11 is 0. The van der Waals surface area contributed by atoms with Crippen LogP contribution in [0.3, 0.4) is 0 Å². The van der Waals surface area contributed by atoms with Gasteiger partial charge in [0.15, 0.2) is 0 Å². The molecule has 37 heavy (non-hydrogen) atoms. The Balaban J connectivity index is 1.89. The van der Waals surface area contributed by atoms with Crippen LogP contribution < -0.4 is 19.5 Å². The number of hydrogen-bond donors (Lipinski definition) is 2. The fourth-order valence-corrected chi connectivity index (χ4v) is 5.20. The lowest BCUT2D eigenvalue weighted by molar-refractivity contribution is 0.0881. The van der Waals surface area contributed by atoms with Gasteiger partial charge in [0.2, 0.25) is 10.0 Å². The van der Waals surface area contributed by atoms with Gasteiger partial charge >= 0.3 is 0 Å². The molecule has 1 saturated heterocycles. The van der Waals surface area contributed by atoms with Crippen molar-refractivity contribution < 1.29 is 27.4 Å². The predicted octanol–water partition coefficient (Wildman–Crippen LogP) is 2.57. The van der Waals surface area contributed by atoms with E-state index in [-0.39, 0.29) is 24.2 Å². The van der Waals surface area contributed by atoms with Crippen LogP contribution in [0, 0.1) is 0 Å². The summed E-state index contributed by atoms with van der Waals surface area (Å²) in [5.41, 5.74) is 0.711. The van der Waals surface area contributed by atoms with Gasteiger partial charge in [0.25, 0.3) is 5.91 Å². The summed E-state index contributed by atoms with van der Waals surface area (Å²) in [6.07, 6.45) is 3.62. The smallest absolute Gasteiger partial charge is 0.270 e. The molecule has 11 heteroatoms. The van der Waals surface area contributed by atoms with Crippen molar-refractivity contribution >= 4 is 26.8 Å². The number of benzene rings is 1. The molecule has 206 valence electrons. The van der Waals surface area contributed by atoms with E-state index in [1.165, 1.54) is 0 Å². The quantitative estimate of drug-likeness (QED) is 0.375. The fraction of sp³-hybridized carbons (Fsp3) is 0.615. The average molecular weight is 537 g/mol. The van der Waals surface area contributed by atoms with E-state index in [2.05, 4.69) is 33.8 Å². The van der Waals surface area contributed by atoms with E-state index in [9.17, 15) is 13.2 Å². The van der Waals surface area contributed by atoms with E-state index in [1.807, 2.05) is 19.1 Å². The minimum absolute atomic E-state index is 0.0397. The highest BCUT2D eigenvalue weighted by Gasteiger charge is 2.25. The second-order valence-corrected chi connectivity index (χ2v) is 11.5. The molecule has 2 heterocycles. The summed E-state index contributed by atoms with van der Waals surface area (Å²) in [4.78, 5) is 20.3. The number of likely N-dealkylation sites (tertiary alicyclic amines) is 1. The topological polar surface area (TPSA) is 119 Å². The standard InChI is InChI=1S/C26H40N4O6S/c1-6-19(29-37(5,32)33)17-36-23-11-7-10-21-24(35-14-13-34-4)15-22(28-25(21)23)26(31)27-20-9-8-12-30(16-20)18(2)3/h7,10-11,15,18-20,29H,6,8-9,12-14,16-17H2,1-5H3,(H,27,31)/t19-,20-/m1/s1. The van der Waals surface area contributed by atoms with Crippen LogP contribution in [0.5, 0.6) is 11.5 Å². The lowest BCUT2D eigenvalue weighted by Crippen LogP contribution is -2.49. The van der Waals surface area contributed by atoms with Crippen molar-refractivity contribution in [1.82, 2.24) is 19.9 Å². The number of aromatic nitrogens is 1. The number of amides is 1. The van der Waals surface area contributed by atoms with Gasteiger partial charge < -0.3 is 19.5 Å². The lowest BCUT2D eigenvalue weighted by atomic mass is 10.0. The van der Waals surface area contributed by atoms with Crippen LogP contribution in [0.15, 0.2) is 24.3 Å². The Bertz CT molecular complexity index is 1160. The van der Waals surface area contributed by atoms with E-state index in [4.69, 9.17) is 14.2 Å². The monoisotopic (exact) mass is 536 g/mol. The van der Waals surface area contributed by atoms with Gasteiger partial charge in [-0.25, -0.2) is 18.1 Å². The third-order valence-electron chi connectivity index (χ3n) is 6.37. The predicted molar refractivity (Wildman–Crippen MR) is 144 cm³/mol. The molecule has 0 aliphatic carbocycles. The van der Waals surface area contributed by atoms with Crippen LogP contribution in [0.1, 0.15) is 50.5 Å². The van der Waals surface area contributed by atoms with Crippen molar-refractivity contribution in [3.8, 4) is 11.5 Å². The van der Waals surface area contributed by atoms with Gasteiger partial charge in [0, 0.05) is 37.2 Å². The van der Waals surface area contributed by atoms with Crippen molar-refractivity contribution in [2.24, 2.45) is 0 Å². The van der Waals surface area contributed by atoms with Crippen LogP contribution in [0.2, 0.25) is 0 Å². The number of methoxy groups -OCH3 is 1. The Morgan fingerprint density at radius 2 is 2.00 bits per heavy atom. The number of carbonyl (C=O) groups is 1. The highest BCUT2D eigenvalue weighted by atomic mass is 32.2. The molecule has 1 aliphatic rings. The van der Waals surface area contributed by atoms with Crippen molar-refractivity contribution in [2.45, 2.75) is 58.2 Å². The number of para-hydroxylation sites is 1. The molecule has 0 bridgehead atoms. The number of hydrogen-bond acceptors (Lipinski definition) is 8. The van der Waals surface area contributed by atoms with Gasteiger partial charge in [-0.15, -0.1) is 0 Å². The molecular formula is C26H40N4O6S. The molecule has 10 nitrogen and oxygen atoms in total. The lowest BCUT2D eigenvalue weighted by Gasteiger charge is -2.35. The Labute approximate surface area is 220 Å². The molecule has 2 atom stereocenters. The molecule has 0 unspecified atom stereocenters. The zero-order valence-electron chi connectivity index (χ0n) is 22.5. The number of nitrogens with one attached hydrogen (secondary N) is 2. The highest BCUT2D eigenvalue weighted by molar-refractivity contribution is 7.88. The minimum Gasteiger partial charge on any atom is -0.490 e. The van der Waals surface area contributed by atoms with Gasteiger partial charge in [-0.1, -0.05) is 13.0 Å². The number of rotatable bonds is 13. The Morgan fingerprint density at radius 1 is 1.22 bits per heavy atom. The van der Waals surface area contributed by atoms with Crippen LogP contribution in [0.25, 0.3) is 10.9 Å². The zero-order valence-corrected chi connectivity index (χ0v) is 23.3. The zero-order chi connectivity index (χ0) is 27.0. The molecule has 1 aliphatic heterocycles. The SMILES string of the molecule is CC[C@H](COc1cccc2c(OCCOC)cc(C(=O)N[C@@H]3CCCN(C(C)C)C3)nc12)NS(C)(=O)=O. The first-order chi connectivity index (χ1) is 17.6. The second-order valence-electron chi connectivity index (χ2n) is 9.71. The van der Waals surface area contributed by atoms with Crippen molar-refractivity contribution in [3.05, 3.63) is 30.0 Å². The van der Waals surface area contributed by atoms with E-state index < -0.39 is 16.1 Å². The molecule has 3 rings (SSSR count). The minimum atomic E-state index is -3.38. The normalized spacial score (nSPS) is 17.6. The summed E-state index contributed by atoms with van der Waals surface area (Å²) < 4.78 is 43.0. The molecular weight excluding hydrogens is 496 g/mol. The summed E-state index contributed by atoms with van der Waals surface area (Å²) in [7, 11) is -1.78. The maximum absolute atomic E-state index is 13.3. The Hall–Kier alpha value is -2.47. The van der Waals surface area contributed by atoms with Crippen LogP contribution in [-0.4, -0.2) is 88.6 Å². The van der Waals surface area contributed by atoms with Crippen molar-refractivity contribution in [3.63, 3.8) is 0 Å². The largest absolute Gasteiger partial charge is 0.490 e. The highest BCUT2D eigenvalue weighted by Crippen LogP contribution is 2.32. The van der Waals surface area contributed by atoms with E-state index in [0.717, 1.165) is 32.2 Å². The first-order valence-corrected chi connectivity index (χ1v) is 14.7. The second kappa shape index (κ2) is 13.4. The molecule has 0 saturated carbocycles. The number of piperidine rings is 1. The number of ether oxygens (including phenoxy) is 3. The number of sulfonamides is 1. The number of nitrogens with zero attached hydrogens (tertiary/aromatic N) is 2. The Kier molecular flexibility index (Phi) is 10.5. The van der Waals surface area contributed by atoms with Crippen LogP contribution in [0.4, 0.5) is 0 Å². The summed E-state index contributed by atoms with van der Waals surface area (Å²) in [5, 5.41) is 3.84. The number of fused-ring (bicyclic) bond motifs is 1. The van der Waals surface area contributed by atoms with Crippen LogP contribution in [-0.2, 0) is 14.8 Å². The summed E-state index contributed by atoms with van der Waals surface area (Å²) in [6, 6.07) is 7.14. The fourth-order valence-electron chi connectivity index (χ4n) is 4.36. The van der Waals surface area contributed by atoms with E-state index in [0.29, 0.717) is 48.1 Å². The number of pyridine rings is 1. The molecule has 1 aromatic carbocycles. The summed E-state index contributed by atoms with van der Waals surface area (Å²) in [5.74, 6) is 0.682. The van der Waals surface area contributed by atoms with Crippen molar-refractivity contribution in [1.29, 1.82) is 0 Å². The molecule has 0 radical (unpaired) electrons. The first-order valence-electron chi connectivity index (χ1n) is 12.8. The summed E-state index contributed by atoms with van der Waals surface area (Å²) in [6.45, 7) is 8.85. The molecule has 1 amide bonds. The van der Waals surface area contributed by atoms with Gasteiger partial charge in [-0.05, 0) is 51.8 Å². The average Bonchev–Trinajstić information content (AvgIpc) is 2.86. The van der Waals surface area contributed by atoms with E-state index >= 15 is 0 Å². The molecule has 1 fully saturated rings. The van der Waals surface area contributed by atoms with Crippen molar-refractivity contribution in [2.75, 3.05) is 46.3 Å². The number of carbonyl (C=O) groups excluding carboxylic acids is 1. The molecule has 0 spiro atoms. The maximum atomic E-state index is 13.3.